The van der Waals surface area contributed by atoms with Crippen LogP contribution in [-0.4, -0.2) is 29.1 Å². The fraction of sp³-hybridized carbons (Fsp3) is 0.200. The highest BCUT2D eigenvalue weighted by Crippen LogP contribution is 2.32. The third-order valence-electron chi connectivity index (χ3n) is 2.80. The Bertz CT molecular complexity index is 739. The second kappa shape index (κ2) is 7.64. The first-order valence-electron chi connectivity index (χ1n) is 6.87. The average molecular weight is 341 g/mol. The molecule has 1 aromatic heterocycles. The van der Waals surface area contributed by atoms with Crippen molar-refractivity contribution in [3.63, 3.8) is 0 Å². The largest absolute Gasteiger partial charge is 0.451 e. The van der Waals surface area contributed by atoms with Gasteiger partial charge in [-0.15, -0.1) is 0 Å². The molecule has 0 aliphatic rings. The second-order valence-corrected chi connectivity index (χ2v) is 4.67. The first-order chi connectivity index (χ1) is 11.4. The third-order valence-corrected chi connectivity index (χ3v) is 2.80. The molecule has 0 atom stereocenters. The minimum absolute atomic E-state index is 0.0283. The van der Waals surface area contributed by atoms with Gasteiger partial charge in [0.25, 0.3) is 5.95 Å². The number of pyridine rings is 1. The Morgan fingerprint density at radius 2 is 1.88 bits per heavy atom. The van der Waals surface area contributed by atoms with Crippen LogP contribution in [-0.2, 0) is 4.79 Å². The fourth-order valence-electron chi connectivity index (χ4n) is 1.80. The van der Waals surface area contributed by atoms with Crippen LogP contribution in [0, 0.1) is 17.6 Å². The molecular weight excluding hydrogens is 327 g/mol. The number of hydrogen-bond donors (Lipinski definition) is 3. The van der Waals surface area contributed by atoms with Gasteiger partial charge in [-0.2, -0.15) is 18.2 Å². The number of benzene rings is 1. The minimum Gasteiger partial charge on any atom is -0.451 e. The molecule has 0 saturated heterocycles. The second-order valence-electron chi connectivity index (χ2n) is 4.67. The summed E-state index contributed by atoms with van der Waals surface area (Å²) in [7, 11) is 0. The molecule has 0 spiro atoms. The molecule has 1 heterocycles. The van der Waals surface area contributed by atoms with E-state index in [1.165, 1.54) is 31.2 Å². The maximum atomic E-state index is 14.2. The van der Waals surface area contributed by atoms with E-state index in [-0.39, 0.29) is 24.8 Å². The Morgan fingerprint density at radius 3 is 2.46 bits per heavy atom. The van der Waals surface area contributed by atoms with E-state index in [0.717, 1.165) is 0 Å². The summed E-state index contributed by atoms with van der Waals surface area (Å²) in [4.78, 5) is 14.0. The number of anilines is 2. The first kappa shape index (κ1) is 17.5. The number of amides is 1. The van der Waals surface area contributed by atoms with Gasteiger partial charge < -0.3 is 20.5 Å². The molecule has 3 N–H and O–H groups in total. The van der Waals surface area contributed by atoms with Crippen LogP contribution in [0.2, 0.25) is 0 Å². The highest BCUT2D eigenvalue weighted by molar-refractivity contribution is 5.88. The Morgan fingerprint density at radius 1 is 1.21 bits per heavy atom. The molecule has 0 bridgehead atoms. The van der Waals surface area contributed by atoms with Crippen LogP contribution in [0.4, 0.5) is 24.7 Å². The van der Waals surface area contributed by atoms with Gasteiger partial charge in [-0.3, -0.25) is 4.79 Å². The number of carbonyl (C=O) groups is 1. The molecule has 0 fully saturated rings. The number of carbonyl (C=O) groups excluding carboxylic acids is 1. The van der Waals surface area contributed by atoms with E-state index < -0.39 is 29.1 Å². The van der Waals surface area contributed by atoms with Gasteiger partial charge in [0.2, 0.25) is 23.3 Å². The van der Waals surface area contributed by atoms with Crippen molar-refractivity contribution < 1.29 is 27.8 Å². The number of rotatable bonds is 6. The average Bonchev–Trinajstić information content (AvgIpc) is 2.55. The highest BCUT2D eigenvalue weighted by atomic mass is 19.2. The molecule has 2 rings (SSSR count). The number of aromatic nitrogens is 1. The number of halogens is 3. The van der Waals surface area contributed by atoms with Gasteiger partial charge in [0.15, 0.2) is 5.82 Å². The Kier molecular flexibility index (Phi) is 5.59. The molecule has 0 saturated carbocycles. The summed E-state index contributed by atoms with van der Waals surface area (Å²) >= 11 is 0. The van der Waals surface area contributed by atoms with Crippen molar-refractivity contribution in [2.75, 3.05) is 23.8 Å². The lowest BCUT2D eigenvalue weighted by Crippen LogP contribution is -2.11. The molecule has 128 valence electrons. The summed E-state index contributed by atoms with van der Waals surface area (Å²) in [6.07, 6.45) is 0. The topological polar surface area (TPSA) is 83.5 Å². The van der Waals surface area contributed by atoms with E-state index in [4.69, 9.17) is 9.84 Å². The monoisotopic (exact) mass is 341 g/mol. The van der Waals surface area contributed by atoms with Crippen LogP contribution in [0.15, 0.2) is 24.3 Å². The van der Waals surface area contributed by atoms with Crippen molar-refractivity contribution in [2.24, 2.45) is 0 Å². The van der Waals surface area contributed by atoms with Gasteiger partial charge in [0, 0.05) is 19.2 Å². The van der Waals surface area contributed by atoms with Crippen LogP contribution in [0.5, 0.6) is 11.5 Å². The maximum absolute atomic E-state index is 14.2. The summed E-state index contributed by atoms with van der Waals surface area (Å²) in [6, 6.07) is 5.61. The fourth-order valence-corrected chi connectivity index (χ4v) is 1.80. The zero-order valence-corrected chi connectivity index (χ0v) is 12.6. The van der Waals surface area contributed by atoms with Crippen LogP contribution in [0.25, 0.3) is 0 Å². The van der Waals surface area contributed by atoms with Crippen LogP contribution in [0.1, 0.15) is 6.92 Å². The van der Waals surface area contributed by atoms with Gasteiger partial charge in [0.05, 0.1) is 6.61 Å². The van der Waals surface area contributed by atoms with Gasteiger partial charge >= 0.3 is 0 Å². The molecule has 6 nitrogen and oxygen atoms in total. The lowest BCUT2D eigenvalue weighted by atomic mass is 10.3. The Balaban J connectivity index is 2.28. The van der Waals surface area contributed by atoms with E-state index in [2.05, 4.69) is 15.6 Å². The summed E-state index contributed by atoms with van der Waals surface area (Å²) in [5, 5.41) is 13.5. The minimum atomic E-state index is -1.58. The summed E-state index contributed by atoms with van der Waals surface area (Å²) < 4.78 is 46.5. The number of ether oxygens (including phenoxy) is 1. The summed E-state index contributed by atoms with van der Waals surface area (Å²) in [5.41, 5.74) is 0.460. The number of nitrogens with one attached hydrogen (secondary N) is 2. The van der Waals surface area contributed by atoms with Crippen molar-refractivity contribution in [1.82, 2.24) is 4.98 Å². The molecule has 1 amide bonds. The molecule has 0 aliphatic carbocycles. The number of hydrogen-bond acceptors (Lipinski definition) is 5. The number of aliphatic hydroxyl groups is 1. The molecule has 1 aromatic carbocycles. The maximum Gasteiger partial charge on any atom is 0.255 e. The van der Waals surface area contributed by atoms with E-state index >= 15 is 0 Å². The zero-order chi connectivity index (χ0) is 17.7. The molecular formula is C15H14F3N3O3. The molecule has 9 heteroatoms. The van der Waals surface area contributed by atoms with E-state index in [0.29, 0.717) is 5.69 Å². The molecule has 24 heavy (non-hydrogen) atoms. The lowest BCUT2D eigenvalue weighted by molar-refractivity contribution is -0.114. The van der Waals surface area contributed by atoms with E-state index in [1.54, 1.807) is 0 Å². The van der Waals surface area contributed by atoms with Crippen LogP contribution < -0.4 is 15.4 Å². The molecule has 0 aliphatic heterocycles. The Hall–Kier alpha value is -2.81. The third kappa shape index (κ3) is 4.13. The first-order valence-corrected chi connectivity index (χ1v) is 6.87. The van der Waals surface area contributed by atoms with Crippen molar-refractivity contribution in [3.8, 4) is 11.5 Å². The van der Waals surface area contributed by atoms with Crippen LogP contribution in [0.3, 0.4) is 0 Å². The molecule has 2 aromatic rings. The predicted molar refractivity (Wildman–Crippen MR) is 80.5 cm³/mol. The standard InChI is InChI=1S/C15H14F3N3O3/c1-8(23)20-9-2-4-10(5-3-9)24-13-11(16)14(18)21-15(12(13)17)19-6-7-22/h2-5,22H,6-7H2,1H3,(H,19,21)(H,20,23). The predicted octanol–water partition coefficient (Wildman–Crippen LogP) is 2.65. The molecule has 0 radical (unpaired) electrons. The van der Waals surface area contributed by atoms with Crippen molar-refractivity contribution >= 4 is 17.4 Å². The number of aliphatic hydroxyl groups excluding tert-OH is 1. The lowest BCUT2D eigenvalue weighted by Gasteiger charge is -2.12. The van der Waals surface area contributed by atoms with Crippen molar-refractivity contribution in [3.05, 3.63) is 41.8 Å². The van der Waals surface area contributed by atoms with Crippen LogP contribution >= 0.6 is 0 Å². The van der Waals surface area contributed by atoms with Gasteiger partial charge in [-0.25, -0.2) is 0 Å². The van der Waals surface area contributed by atoms with Crippen molar-refractivity contribution in [1.29, 1.82) is 0 Å². The van der Waals surface area contributed by atoms with E-state index in [9.17, 15) is 18.0 Å². The summed E-state index contributed by atoms with van der Waals surface area (Å²) in [6.45, 7) is 0.885. The van der Waals surface area contributed by atoms with Gasteiger partial charge in [0.1, 0.15) is 5.75 Å². The normalized spacial score (nSPS) is 10.4. The molecule has 0 unspecified atom stereocenters. The smallest absolute Gasteiger partial charge is 0.255 e. The highest BCUT2D eigenvalue weighted by Gasteiger charge is 2.22. The Labute approximate surface area is 135 Å². The zero-order valence-electron chi connectivity index (χ0n) is 12.6. The van der Waals surface area contributed by atoms with Gasteiger partial charge in [-0.1, -0.05) is 0 Å². The van der Waals surface area contributed by atoms with E-state index in [1.807, 2.05) is 0 Å². The van der Waals surface area contributed by atoms with Gasteiger partial charge in [-0.05, 0) is 24.3 Å². The SMILES string of the molecule is CC(=O)Nc1ccc(Oc2c(F)c(F)nc(NCCO)c2F)cc1. The summed E-state index contributed by atoms with van der Waals surface area (Å²) in [5.74, 6) is -6.14. The van der Waals surface area contributed by atoms with Crippen molar-refractivity contribution in [2.45, 2.75) is 6.92 Å². The quantitative estimate of drug-likeness (QED) is 0.704. The number of nitrogens with zero attached hydrogens (tertiary/aromatic N) is 1.